The van der Waals surface area contributed by atoms with Crippen LogP contribution in [0.4, 0.5) is 0 Å². The van der Waals surface area contributed by atoms with E-state index in [9.17, 15) is 0 Å². The molecule has 1 aromatic heterocycles. The molecule has 1 unspecified atom stereocenters. The Morgan fingerprint density at radius 3 is 2.81 bits per heavy atom. The monoisotopic (exact) mass is 355 g/mol. The highest BCUT2D eigenvalue weighted by molar-refractivity contribution is 5.40. The maximum atomic E-state index is 6.28. The van der Waals surface area contributed by atoms with Crippen LogP contribution in [0.25, 0.3) is 0 Å². The molecule has 2 N–H and O–H groups in total. The molecule has 1 aliphatic rings. The van der Waals surface area contributed by atoms with Crippen LogP contribution in [0.3, 0.4) is 0 Å². The van der Waals surface area contributed by atoms with Gasteiger partial charge < -0.3 is 15.2 Å². The van der Waals surface area contributed by atoms with Gasteiger partial charge in [-0.15, -0.1) is 0 Å². The third-order valence-corrected chi connectivity index (χ3v) is 5.15. The van der Waals surface area contributed by atoms with Gasteiger partial charge in [-0.2, -0.15) is 0 Å². The lowest BCUT2D eigenvalue weighted by atomic mass is 9.79. The van der Waals surface area contributed by atoms with Gasteiger partial charge in [0.25, 0.3) is 0 Å². The minimum Gasteiger partial charge on any atom is -0.497 e. The molecule has 1 saturated heterocycles. The second-order valence-corrected chi connectivity index (χ2v) is 7.68. The number of nitrogens with zero attached hydrogens (tertiary/aromatic N) is 2. The molecule has 0 aliphatic carbocycles. The third kappa shape index (κ3) is 4.54. The first kappa shape index (κ1) is 18.7. The number of rotatable bonds is 6. The van der Waals surface area contributed by atoms with Crippen molar-refractivity contribution in [1.29, 1.82) is 0 Å². The van der Waals surface area contributed by atoms with Gasteiger partial charge in [0.2, 0.25) is 0 Å². The number of methoxy groups -OCH3 is 1. The summed E-state index contributed by atoms with van der Waals surface area (Å²) < 4.78 is 11.5. The molecule has 1 fully saturated rings. The quantitative estimate of drug-likeness (QED) is 0.862. The van der Waals surface area contributed by atoms with Crippen LogP contribution >= 0.6 is 0 Å². The molecule has 140 valence electrons. The second kappa shape index (κ2) is 8.06. The number of nitrogens with two attached hydrogens (primary N) is 1. The molecule has 0 amide bonds. The number of ether oxygens (including phenoxy) is 2. The van der Waals surface area contributed by atoms with Gasteiger partial charge in [0, 0.05) is 37.4 Å². The van der Waals surface area contributed by atoms with Gasteiger partial charge in [-0.1, -0.05) is 19.9 Å². The van der Waals surface area contributed by atoms with E-state index < -0.39 is 0 Å². The second-order valence-electron chi connectivity index (χ2n) is 7.68. The van der Waals surface area contributed by atoms with Crippen molar-refractivity contribution in [2.75, 3.05) is 20.2 Å². The van der Waals surface area contributed by atoms with Crippen LogP contribution in [0.15, 0.2) is 42.6 Å². The number of pyridine rings is 1. The summed E-state index contributed by atoms with van der Waals surface area (Å²) >= 11 is 0. The summed E-state index contributed by atoms with van der Waals surface area (Å²) in [5.74, 6) is 1.72. The molecule has 0 spiro atoms. The number of benzene rings is 1. The van der Waals surface area contributed by atoms with Crippen LogP contribution in [0.2, 0.25) is 0 Å². The molecule has 1 atom stereocenters. The van der Waals surface area contributed by atoms with E-state index in [-0.39, 0.29) is 11.5 Å². The summed E-state index contributed by atoms with van der Waals surface area (Å²) in [5.41, 5.74) is 8.44. The average molecular weight is 355 g/mol. The molecular formula is C21H29N3O2. The highest BCUT2D eigenvalue weighted by Crippen LogP contribution is 2.31. The minimum absolute atomic E-state index is 0.117. The molecule has 1 aliphatic heterocycles. The van der Waals surface area contributed by atoms with Crippen molar-refractivity contribution < 1.29 is 9.47 Å². The van der Waals surface area contributed by atoms with Gasteiger partial charge in [0.15, 0.2) is 0 Å². The van der Waals surface area contributed by atoms with Crippen LogP contribution in [0.1, 0.15) is 31.5 Å². The molecule has 3 rings (SSSR count). The predicted molar refractivity (Wildman–Crippen MR) is 103 cm³/mol. The lowest BCUT2D eigenvalue weighted by Crippen LogP contribution is -2.52. The van der Waals surface area contributed by atoms with E-state index in [2.05, 4.69) is 29.8 Å². The number of hydrogen-bond acceptors (Lipinski definition) is 5. The van der Waals surface area contributed by atoms with Crippen molar-refractivity contribution in [1.82, 2.24) is 9.88 Å². The fourth-order valence-electron chi connectivity index (χ4n) is 3.44. The molecular weight excluding hydrogens is 326 g/mol. The van der Waals surface area contributed by atoms with E-state index in [0.29, 0.717) is 6.61 Å². The first-order chi connectivity index (χ1) is 12.5. The zero-order valence-electron chi connectivity index (χ0n) is 15.9. The van der Waals surface area contributed by atoms with Crippen LogP contribution in [-0.4, -0.2) is 36.1 Å². The zero-order valence-corrected chi connectivity index (χ0v) is 15.9. The Bertz CT molecular complexity index is 718. The Kier molecular flexibility index (Phi) is 5.79. The number of hydrogen-bond donors (Lipinski definition) is 1. The van der Waals surface area contributed by atoms with Crippen LogP contribution in [0, 0.1) is 5.41 Å². The lowest BCUT2D eigenvalue weighted by molar-refractivity contribution is 0.0888. The summed E-state index contributed by atoms with van der Waals surface area (Å²) in [5, 5.41) is 0. The largest absolute Gasteiger partial charge is 0.497 e. The third-order valence-electron chi connectivity index (χ3n) is 5.15. The molecule has 2 heterocycles. The normalized spacial score (nSPS) is 19.9. The first-order valence-electron chi connectivity index (χ1n) is 9.15. The van der Waals surface area contributed by atoms with Crippen molar-refractivity contribution in [2.24, 2.45) is 11.1 Å². The lowest BCUT2D eigenvalue weighted by Gasteiger charge is -2.42. The van der Waals surface area contributed by atoms with Gasteiger partial charge in [0.1, 0.15) is 18.1 Å². The molecule has 0 bridgehead atoms. The average Bonchev–Trinajstić information content (AvgIpc) is 2.64. The van der Waals surface area contributed by atoms with Crippen molar-refractivity contribution in [3.8, 4) is 11.5 Å². The Hall–Kier alpha value is -2.11. The van der Waals surface area contributed by atoms with Gasteiger partial charge in [-0.05, 0) is 42.2 Å². The van der Waals surface area contributed by atoms with Crippen molar-refractivity contribution >= 4 is 0 Å². The van der Waals surface area contributed by atoms with E-state index in [1.54, 1.807) is 13.3 Å². The van der Waals surface area contributed by atoms with Crippen molar-refractivity contribution in [3.05, 3.63) is 53.9 Å². The van der Waals surface area contributed by atoms with Crippen LogP contribution in [-0.2, 0) is 13.2 Å². The minimum atomic E-state index is 0.117. The summed E-state index contributed by atoms with van der Waals surface area (Å²) in [6, 6.07) is 12.1. The molecule has 5 heteroatoms. The first-order valence-corrected chi connectivity index (χ1v) is 9.15. The molecule has 2 aromatic rings. The van der Waals surface area contributed by atoms with E-state index in [1.807, 2.05) is 30.3 Å². The molecule has 26 heavy (non-hydrogen) atoms. The van der Waals surface area contributed by atoms with Crippen LogP contribution in [0.5, 0.6) is 11.5 Å². The predicted octanol–water partition coefficient (Wildman–Crippen LogP) is 3.23. The van der Waals surface area contributed by atoms with Gasteiger partial charge in [-0.3, -0.25) is 9.88 Å². The van der Waals surface area contributed by atoms with Gasteiger partial charge >= 0.3 is 0 Å². The van der Waals surface area contributed by atoms with E-state index >= 15 is 0 Å². The number of likely N-dealkylation sites (tertiary alicyclic amines) is 1. The van der Waals surface area contributed by atoms with E-state index in [1.165, 1.54) is 0 Å². The Labute approximate surface area is 156 Å². The molecule has 5 nitrogen and oxygen atoms in total. The summed E-state index contributed by atoms with van der Waals surface area (Å²) in [7, 11) is 1.69. The van der Waals surface area contributed by atoms with Crippen molar-refractivity contribution in [3.63, 3.8) is 0 Å². The van der Waals surface area contributed by atoms with Gasteiger partial charge in [0.05, 0.1) is 12.8 Å². The fourth-order valence-corrected chi connectivity index (χ4v) is 3.44. The van der Waals surface area contributed by atoms with E-state index in [4.69, 9.17) is 15.2 Å². The number of aromatic nitrogens is 1. The van der Waals surface area contributed by atoms with Gasteiger partial charge in [-0.25, -0.2) is 0 Å². The summed E-state index contributed by atoms with van der Waals surface area (Å²) in [6.07, 6.45) is 2.80. The van der Waals surface area contributed by atoms with E-state index in [0.717, 1.165) is 48.8 Å². The highest BCUT2D eigenvalue weighted by atomic mass is 16.5. The van der Waals surface area contributed by atoms with Crippen LogP contribution < -0.4 is 15.2 Å². The molecule has 0 radical (unpaired) electrons. The Morgan fingerprint density at radius 2 is 2.12 bits per heavy atom. The Balaban J connectivity index is 1.74. The molecule has 1 aromatic carbocycles. The highest BCUT2D eigenvalue weighted by Gasteiger charge is 2.33. The fraction of sp³-hybridized carbons (Fsp3) is 0.476. The standard InChI is InChI=1S/C21H29N3O2/c1-21(2)15-24(11-9-20(21)22)13-16-12-18(25-3)7-8-19(16)26-14-17-6-4-5-10-23-17/h4-8,10,12,20H,9,11,13-15,22H2,1-3H3. The molecule has 0 saturated carbocycles. The topological polar surface area (TPSA) is 60.6 Å². The number of piperidine rings is 1. The maximum absolute atomic E-state index is 6.28. The zero-order chi connectivity index (χ0) is 18.6. The summed E-state index contributed by atoms with van der Waals surface area (Å²) in [4.78, 5) is 6.78. The summed E-state index contributed by atoms with van der Waals surface area (Å²) in [6.45, 7) is 7.75. The maximum Gasteiger partial charge on any atom is 0.130 e. The van der Waals surface area contributed by atoms with Crippen molar-refractivity contribution in [2.45, 2.75) is 39.5 Å². The smallest absolute Gasteiger partial charge is 0.130 e. The Morgan fingerprint density at radius 1 is 1.27 bits per heavy atom. The SMILES string of the molecule is COc1ccc(OCc2ccccn2)c(CN2CCC(N)C(C)(C)C2)c1.